The van der Waals surface area contributed by atoms with Gasteiger partial charge in [-0.2, -0.15) is 0 Å². The molecule has 0 amide bonds. The topological polar surface area (TPSA) is 47.1 Å². The molecule has 17 heavy (non-hydrogen) atoms. The number of imidazole rings is 1. The van der Waals surface area contributed by atoms with E-state index in [0.29, 0.717) is 5.95 Å². The van der Waals surface area contributed by atoms with Gasteiger partial charge in [-0.15, -0.1) is 0 Å². The van der Waals surface area contributed by atoms with Crippen molar-refractivity contribution >= 4 is 17.0 Å². The molecule has 2 rings (SSSR count). The molecule has 1 aromatic heterocycles. The number of aromatic nitrogens is 2. The minimum Gasteiger partial charge on any atom is -0.369 e. The molecule has 0 unspecified atom stereocenters. The summed E-state index contributed by atoms with van der Waals surface area (Å²) in [6.45, 7) is 4.05. The van der Waals surface area contributed by atoms with Gasteiger partial charge in [-0.25, -0.2) is 4.98 Å². The highest BCUT2D eigenvalue weighted by Crippen LogP contribution is 2.21. The van der Waals surface area contributed by atoms with Gasteiger partial charge in [0.25, 0.3) is 0 Å². The first kappa shape index (κ1) is 11.9. The number of aryl methyl sites for hydroxylation is 2. The molecule has 0 fully saturated rings. The third kappa shape index (κ3) is 2.42. The number of para-hydroxylation sites is 1. The Labute approximate surface area is 102 Å². The van der Waals surface area contributed by atoms with E-state index in [1.807, 2.05) is 0 Å². The van der Waals surface area contributed by atoms with Crippen LogP contribution in [0, 0.1) is 6.92 Å². The summed E-state index contributed by atoms with van der Waals surface area (Å²) >= 11 is 0. The van der Waals surface area contributed by atoms with Gasteiger partial charge in [0.05, 0.1) is 11.0 Å². The molecule has 0 atom stereocenters. The molecule has 0 saturated carbocycles. The van der Waals surface area contributed by atoms with E-state index in [0.717, 1.165) is 30.5 Å². The van der Waals surface area contributed by atoms with E-state index in [4.69, 9.17) is 5.73 Å². The van der Waals surface area contributed by atoms with Gasteiger partial charge in [-0.05, 0) is 45.6 Å². The summed E-state index contributed by atoms with van der Waals surface area (Å²) in [4.78, 5) is 6.62. The lowest BCUT2D eigenvalue weighted by Crippen LogP contribution is -2.15. The highest BCUT2D eigenvalue weighted by Gasteiger charge is 2.08. The van der Waals surface area contributed by atoms with Crippen molar-refractivity contribution in [2.24, 2.45) is 0 Å². The van der Waals surface area contributed by atoms with Crippen LogP contribution in [0.4, 0.5) is 5.95 Å². The zero-order valence-electron chi connectivity index (χ0n) is 10.8. The first-order valence-corrected chi connectivity index (χ1v) is 5.95. The van der Waals surface area contributed by atoms with Crippen molar-refractivity contribution in [3.63, 3.8) is 0 Å². The summed E-state index contributed by atoms with van der Waals surface area (Å²) in [7, 11) is 4.17. The zero-order chi connectivity index (χ0) is 12.4. The Morgan fingerprint density at radius 3 is 2.82 bits per heavy atom. The maximum absolute atomic E-state index is 5.98. The molecule has 2 aromatic rings. The Morgan fingerprint density at radius 2 is 2.12 bits per heavy atom. The summed E-state index contributed by atoms with van der Waals surface area (Å²) < 4.78 is 2.10. The quantitative estimate of drug-likeness (QED) is 0.875. The van der Waals surface area contributed by atoms with Crippen LogP contribution in [-0.2, 0) is 6.54 Å². The fourth-order valence-electron chi connectivity index (χ4n) is 2.09. The minimum absolute atomic E-state index is 0.619. The highest BCUT2D eigenvalue weighted by molar-refractivity contribution is 5.81. The Bertz CT molecular complexity index is 513. The van der Waals surface area contributed by atoms with Crippen molar-refractivity contribution in [1.82, 2.24) is 14.5 Å². The van der Waals surface area contributed by atoms with E-state index in [-0.39, 0.29) is 0 Å². The number of nitrogens with two attached hydrogens (primary N) is 1. The monoisotopic (exact) mass is 232 g/mol. The zero-order valence-corrected chi connectivity index (χ0v) is 10.8. The second-order valence-corrected chi connectivity index (χ2v) is 4.72. The van der Waals surface area contributed by atoms with Crippen molar-refractivity contribution < 1.29 is 0 Å². The maximum Gasteiger partial charge on any atom is 0.201 e. The van der Waals surface area contributed by atoms with Crippen LogP contribution >= 0.6 is 0 Å². The van der Waals surface area contributed by atoms with E-state index < -0.39 is 0 Å². The number of rotatable bonds is 4. The van der Waals surface area contributed by atoms with Crippen molar-refractivity contribution in [3.05, 3.63) is 23.8 Å². The van der Waals surface area contributed by atoms with Crippen molar-refractivity contribution in [2.75, 3.05) is 26.4 Å². The largest absolute Gasteiger partial charge is 0.369 e. The minimum atomic E-state index is 0.619. The van der Waals surface area contributed by atoms with Crippen LogP contribution < -0.4 is 5.73 Å². The second-order valence-electron chi connectivity index (χ2n) is 4.72. The van der Waals surface area contributed by atoms with E-state index in [1.54, 1.807) is 0 Å². The van der Waals surface area contributed by atoms with Crippen LogP contribution in [0.3, 0.4) is 0 Å². The summed E-state index contributed by atoms with van der Waals surface area (Å²) in [5.41, 5.74) is 9.32. The van der Waals surface area contributed by atoms with E-state index in [2.05, 4.69) is 53.7 Å². The Morgan fingerprint density at radius 1 is 1.35 bits per heavy atom. The number of hydrogen-bond donors (Lipinski definition) is 1. The molecule has 1 heterocycles. The van der Waals surface area contributed by atoms with Crippen molar-refractivity contribution in [1.29, 1.82) is 0 Å². The van der Waals surface area contributed by atoms with Gasteiger partial charge in [-0.3, -0.25) is 0 Å². The predicted molar refractivity (Wildman–Crippen MR) is 72.1 cm³/mol. The van der Waals surface area contributed by atoms with E-state index in [9.17, 15) is 0 Å². The Hall–Kier alpha value is -1.55. The SMILES string of the molecule is Cc1cccc2c1nc(N)n2CCCN(C)C. The lowest BCUT2D eigenvalue weighted by molar-refractivity contribution is 0.388. The third-order valence-electron chi connectivity index (χ3n) is 3.00. The molecule has 0 saturated heterocycles. The molecule has 1 aromatic carbocycles. The second kappa shape index (κ2) is 4.75. The molecule has 92 valence electrons. The van der Waals surface area contributed by atoms with Gasteiger partial charge in [0, 0.05) is 6.54 Å². The fourth-order valence-corrected chi connectivity index (χ4v) is 2.09. The van der Waals surface area contributed by atoms with Gasteiger partial charge in [-0.1, -0.05) is 12.1 Å². The number of nitrogen functional groups attached to an aromatic ring is 1. The van der Waals surface area contributed by atoms with Crippen molar-refractivity contribution in [2.45, 2.75) is 19.9 Å². The average Bonchev–Trinajstić information content (AvgIpc) is 2.57. The average molecular weight is 232 g/mol. The van der Waals surface area contributed by atoms with E-state index in [1.165, 1.54) is 5.56 Å². The molecule has 0 bridgehead atoms. The molecular formula is C13H20N4. The van der Waals surface area contributed by atoms with Crippen molar-refractivity contribution in [3.8, 4) is 0 Å². The summed E-state index contributed by atoms with van der Waals surface area (Å²) in [5.74, 6) is 0.619. The molecule has 0 spiro atoms. The van der Waals surface area contributed by atoms with Gasteiger partial charge in [0.2, 0.25) is 5.95 Å². The fraction of sp³-hybridized carbons (Fsp3) is 0.462. The molecule has 0 aliphatic rings. The Balaban J connectivity index is 2.27. The van der Waals surface area contributed by atoms with Crippen LogP contribution in [-0.4, -0.2) is 35.1 Å². The van der Waals surface area contributed by atoms with Gasteiger partial charge >= 0.3 is 0 Å². The first-order valence-electron chi connectivity index (χ1n) is 5.95. The number of hydrogen-bond acceptors (Lipinski definition) is 3. The van der Waals surface area contributed by atoms with Crippen LogP contribution in [0.25, 0.3) is 11.0 Å². The first-order chi connectivity index (χ1) is 8.09. The lowest BCUT2D eigenvalue weighted by Gasteiger charge is -2.10. The molecule has 4 nitrogen and oxygen atoms in total. The molecule has 0 aliphatic heterocycles. The maximum atomic E-state index is 5.98. The molecule has 0 aliphatic carbocycles. The molecular weight excluding hydrogens is 212 g/mol. The number of anilines is 1. The Kier molecular flexibility index (Phi) is 3.33. The summed E-state index contributed by atoms with van der Waals surface area (Å²) in [6.07, 6.45) is 1.08. The van der Waals surface area contributed by atoms with Gasteiger partial charge in [0.15, 0.2) is 0 Å². The van der Waals surface area contributed by atoms with Gasteiger partial charge < -0.3 is 15.2 Å². The lowest BCUT2D eigenvalue weighted by atomic mass is 10.2. The molecule has 0 radical (unpaired) electrons. The van der Waals surface area contributed by atoms with Crippen LogP contribution in [0.1, 0.15) is 12.0 Å². The standard InChI is InChI=1S/C13H20N4/c1-10-6-4-7-11-12(10)15-13(14)17(11)9-5-8-16(2)3/h4,6-7H,5,8-9H2,1-3H3,(H2,14,15). The summed E-state index contributed by atoms with van der Waals surface area (Å²) in [6, 6.07) is 6.21. The van der Waals surface area contributed by atoms with Crippen LogP contribution in [0.2, 0.25) is 0 Å². The highest BCUT2D eigenvalue weighted by atomic mass is 15.2. The number of benzene rings is 1. The molecule has 4 heteroatoms. The van der Waals surface area contributed by atoms with E-state index >= 15 is 0 Å². The summed E-state index contributed by atoms with van der Waals surface area (Å²) in [5, 5.41) is 0. The van der Waals surface area contributed by atoms with Crippen LogP contribution in [0.5, 0.6) is 0 Å². The van der Waals surface area contributed by atoms with Gasteiger partial charge in [0.1, 0.15) is 0 Å². The number of fused-ring (bicyclic) bond motifs is 1. The third-order valence-corrected chi connectivity index (χ3v) is 3.00. The number of nitrogens with zero attached hydrogens (tertiary/aromatic N) is 3. The predicted octanol–water partition coefficient (Wildman–Crippen LogP) is 1.88. The molecule has 2 N–H and O–H groups in total. The smallest absolute Gasteiger partial charge is 0.201 e. The van der Waals surface area contributed by atoms with Crippen LogP contribution in [0.15, 0.2) is 18.2 Å². The normalized spacial score (nSPS) is 11.5.